The van der Waals surface area contributed by atoms with Crippen molar-refractivity contribution in [2.75, 3.05) is 18.2 Å². The van der Waals surface area contributed by atoms with E-state index in [1.807, 2.05) is 60.7 Å². The maximum Gasteiger partial charge on any atom is 0.331 e. The van der Waals surface area contributed by atoms with E-state index in [4.69, 9.17) is 14.2 Å². The van der Waals surface area contributed by atoms with Gasteiger partial charge in [0.05, 0.1) is 6.61 Å². The highest BCUT2D eigenvalue weighted by atomic mass is 16.6. The van der Waals surface area contributed by atoms with Crippen LogP contribution >= 0.6 is 0 Å². The number of ether oxygens (including phenoxy) is 3. The van der Waals surface area contributed by atoms with Crippen LogP contribution in [0, 0.1) is 0 Å². The number of para-hydroxylation sites is 2. The molecule has 4 rings (SSSR count). The minimum absolute atomic E-state index is 0.0861. The molecular formula is C36H43N3O7. The van der Waals surface area contributed by atoms with Crippen LogP contribution in [0.25, 0.3) is 0 Å². The SMILES string of the molecule is CCOC(=O)[C@H](CCc1ccccc1)NC1COc2ccccc2N(N(C(C)=O)[C@@H](Cc2ccccc2)C(=O)OC(C)(C)C)C1=O. The molecule has 46 heavy (non-hydrogen) atoms. The molecule has 0 fully saturated rings. The van der Waals surface area contributed by atoms with E-state index in [9.17, 15) is 19.2 Å². The maximum absolute atomic E-state index is 14.6. The molecule has 0 aliphatic carbocycles. The number of carbonyl (C=O) groups is 4. The normalized spacial score (nSPS) is 15.9. The van der Waals surface area contributed by atoms with Gasteiger partial charge in [0.25, 0.3) is 5.91 Å². The number of amides is 2. The Morgan fingerprint density at radius 1 is 0.935 bits per heavy atom. The Hall–Kier alpha value is -4.70. The zero-order chi connectivity index (χ0) is 33.3. The Balaban J connectivity index is 1.74. The molecule has 1 aliphatic heterocycles. The first-order chi connectivity index (χ1) is 22.0. The second-order valence-corrected chi connectivity index (χ2v) is 12.1. The molecule has 1 unspecified atom stereocenters. The molecule has 3 atom stereocenters. The van der Waals surface area contributed by atoms with Crippen molar-refractivity contribution in [2.45, 2.75) is 77.6 Å². The van der Waals surface area contributed by atoms with Crippen LogP contribution in [0.1, 0.15) is 52.2 Å². The third-order valence-electron chi connectivity index (χ3n) is 7.33. The second-order valence-electron chi connectivity index (χ2n) is 12.1. The number of nitrogens with zero attached hydrogens (tertiary/aromatic N) is 2. The molecule has 0 spiro atoms. The van der Waals surface area contributed by atoms with Crippen LogP contribution in [-0.4, -0.2) is 65.7 Å². The molecule has 3 aromatic carbocycles. The number of nitrogens with one attached hydrogen (secondary N) is 1. The van der Waals surface area contributed by atoms with Gasteiger partial charge in [-0.3, -0.25) is 19.7 Å². The van der Waals surface area contributed by atoms with E-state index in [-0.39, 0.29) is 25.3 Å². The number of hydrogen-bond acceptors (Lipinski definition) is 8. The predicted molar refractivity (Wildman–Crippen MR) is 174 cm³/mol. The minimum atomic E-state index is -1.20. The molecule has 0 aromatic heterocycles. The van der Waals surface area contributed by atoms with Crippen molar-refractivity contribution in [2.24, 2.45) is 0 Å². The van der Waals surface area contributed by atoms with Crippen LogP contribution in [0.2, 0.25) is 0 Å². The quantitative estimate of drug-likeness (QED) is 0.288. The molecule has 1 heterocycles. The van der Waals surface area contributed by atoms with Gasteiger partial charge in [0, 0.05) is 13.3 Å². The number of aryl methyl sites for hydroxylation is 1. The van der Waals surface area contributed by atoms with Gasteiger partial charge < -0.3 is 14.2 Å². The van der Waals surface area contributed by atoms with Gasteiger partial charge >= 0.3 is 11.9 Å². The van der Waals surface area contributed by atoms with Crippen molar-refractivity contribution in [1.29, 1.82) is 0 Å². The Labute approximate surface area is 270 Å². The molecule has 0 radical (unpaired) electrons. The lowest BCUT2D eigenvalue weighted by Gasteiger charge is -2.40. The predicted octanol–water partition coefficient (Wildman–Crippen LogP) is 4.65. The van der Waals surface area contributed by atoms with E-state index in [1.165, 1.54) is 11.9 Å². The average Bonchev–Trinajstić information content (AvgIpc) is 3.15. The number of benzene rings is 3. The van der Waals surface area contributed by atoms with Crippen molar-refractivity contribution in [3.8, 4) is 5.75 Å². The zero-order valence-electron chi connectivity index (χ0n) is 27.1. The van der Waals surface area contributed by atoms with E-state index in [2.05, 4.69) is 5.32 Å². The lowest BCUT2D eigenvalue weighted by atomic mass is 10.0. The summed E-state index contributed by atoms with van der Waals surface area (Å²) in [5, 5.41) is 5.51. The topological polar surface area (TPSA) is 114 Å². The fourth-order valence-corrected chi connectivity index (χ4v) is 5.29. The number of carbonyl (C=O) groups excluding carboxylic acids is 4. The largest absolute Gasteiger partial charge is 0.489 e. The lowest BCUT2D eigenvalue weighted by Crippen LogP contribution is -2.63. The summed E-state index contributed by atoms with van der Waals surface area (Å²) in [6.07, 6.45) is 0.994. The van der Waals surface area contributed by atoms with Gasteiger partial charge in [-0.1, -0.05) is 72.8 Å². The highest BCUT2D eigenvalue weighted by molar-refractivity contribution is 6.02. The third-order valence-corrected chi connectivity index (χ3v) is 7.33. The maximum atomic E-state index is 14.6. The molecule has 10 heteroatoms. The van der Waals surface area contributed by atoms with Gasteiger partial charge in [0.2, 0.25) is 5.91 Å². The number of rotatable bonds is 12. The minimum Gasteiger partial charge on any atom is -0.489 e. The second kappa shape index (κ2) is 15.5. The molecule has 10 nitrogen and oxygen atoms in total. The van der Waals surface area contributed by atoms with Crippen molar-refractivity contribution in [3.63, 3.8) is 0 Å². The molecular weight excluding hydrogens is 586 g/mol. The van der Waals surface area contributed by atoms with Crippen molar-refractivity contribution in [1.82, 2.24) is 10.3 Å². The number of fused-ring (bicyclic) bond motifs is 1. The third kappa shape index (κ3) is 8.94. The van der Waals surface area contributed by atoms with Crippen LogP contribution in [0.15, 0.2) is 84.9 Å². The Morgan fingerprint density at radius 3 is 2.15 bits per heavy atom. The van der Waals surface area contributed by atoms with Gasteiger partial charge in [0.15, 0.2) is 6.04 Å². The monoisotopic (exact) mass is 629 g/mol. The molecule has 1 N–H and O–H groups in total. The summed E-state index contributed by atoms with van der Waals surface area (Å²) in [6, 6.07) is 22.6. The molecule has 0 saturated heterocycles. The van der Waals surface area contributed by atoms with E-state index in [1.54, 1.807) is 52.0 Å². The van der Waals surface area contributed by atoms with Crippen molar-refractivity contribution >= 4 is 29.4 Å². The Morgan fingerprint density at radius 2 is 1.54 bits per heavy atom. The number of hydrogen-bond donors (Lipinski definition) is 1. The first-order valence-corrected chi connectivity index (χ1v) is 15.6. The first kappa shape index (κ1) is 34.2. The van der Waals surface area contributed by atoms with Crippen molar-refractivity contribution < 1.29 is 33.4 Å². The van der Waals surface area contributed by atoms with Crippen LogP contribution in [0.4, 0.5) is 5.69 Å². The van der Waals surface area contributed by atoms with E-state index in [0.717, 1.165) is 16.1 Å². The molecule has 2 amide bonds. The molecule has 3 aromatic rings. The Kier molecular flexibility index (Phi) is 11.5. The summed E-state index contributed by atoms with van der Waals surface area (Å²) in [4.78, 5) is 55.1. The zero-order valence-corrected chi connectivity index (χ0v) is 27.1. The van der Waals surface area contributed by atoms with E-state index >= 15 is 0 Å². The van der Waals surface area contributed by atoms with Crippen LogP contribution < -0.4 is 15.1 Å². The van der Waals surface area contributed by atoms with Crippen molar-refractivity contribution in [3.05, 3.63) is 96.1 Å². The van der Waals surface area contributed by atoms with Gasteiger partial charge in [-0.25, -0.2) is 14.8 Å². The van der Waals surface area contributed by atoms with Crippen LogP contribution in [0.3, 0.4) is 0 Å². The van der Waals surface area contributed by atoms with Crippen LogP contribution in [0.5, 0.6) is 5.75 Å². The molecule has 244 valence electrons. The summed E-state index contributed by atoms with van der Waals surface area (Å²) in [7, 11) is 0. The summed E-state index contributed by atoms with van der Waals surface area (Å²) in [6.45, 7) is 8.29. The van der Waals surface area contributed by atoms with Gasteiger partial charge in [-0.15, -0.1) is 0 Å². The summed E-state index contributed by atoms with van der Waals surface area (Å²) in [5.41, 5.74) is 1.23. The first-order valence-electron chi connectivity index (χ1n) is 15.6. The van der Waals surface area contributed by atoms with Gasteiger partial charge in [0.1, 0.15) is 35.7 Å². The number of esters is 2. The highest BCUT2D eigenvalue weighted by Gasteiger charge is 2.43. The molecule has 0 saturated carbocycles. The van der Waals surface area contributed by atoms with Crippen LogP contribution in [-0.2, 0) is 41.5 Å². The summed E-state index contributed by atoms with van der Waals surface area (Å²) >= 11 is 0. The van der Waals surface area contributed by atoms with E-state index in [0.29, 0.717) is 18.6 Å². The molecule has 0 bridgehead atoms. The van der Waals surface area contributed by atoms with E-state index < -0.39 is 47.5 Å². The fraction of sp³-hybridized carbons (Fsp3) is 0.389. The average molecular weight is 630 g/mol. The lowest BCUT2D eigenvalue weighted by molar-refractivity contribution is -0.165. The highest BCUT2D eigenvalue weighted by Crippen LogP contribution is 2.34. The Bertz CT molecular complexity index is 1490. The standard InChI is InChI=1S/C36H43N3O7/c1-6-44-34(42)28(22-21-26-15-9-7-10-16-26)37-29-24-45-32-20-14-13-19-30(32)39(33(29)41)38(25(2)40)31(35(43)46-36(3,4)5)23-27-17-11-8-12-18-27/h7-20,28-29,31,37H,6,21-24H2,1-5H3/t28-,29?,31-/m0/s1. The molecule has 1 aliphatic rings. The summed E-state index contributed by atoms with van der Waals surface area (Å²) in [5.74, 6) is -1.96. The smallest absolute Gasteiger partial charge is 0.331 e. The number of anilines is 1. The van der Waals surface area contributed by atoms with Gasteiger partial charge in [-0.2, -0.15) is 0 Å². The number of hydrazine groups is 1. The fourth-order valence-electron chi connectivity index (χ4n) is 5.29. The summed E-state index contributed by atoms with van der Waals surface area (Å²) < 4.78 is 17.3. The van der Waals surface area contributed by atoms with Gasteiger partial charge in [-0.05, 0) is 63.8 Å².